The summed E-state index contributed by atoms with van der Waals surface area (Å²) < 4.78 is 11.6. The molecule has 24 heavy (non-hydrogen) atoms. The summed E-state index contributed by atoms with van der Waals surface area (Å²) in [5.74, 6) is 0.804. The summed E-state index contributed by atoms with van der Waals surface area (Å²) in [5, 5.41) is 11.0. The zero-order valence-corrected chi connectivity index (χ0v) is 15.5. The minimum atomic E-state index is -0.958. The van der Waals surface area contributed by atoms with Gasteiger partial charge in [-0.2, -0.15) is 0 Å². The van der Waals surface area contributed by atoms with E-state index < -0.39 is 5.60 Å². The van der Waals surface area contributed by atoms with E-state index in [9.17, 15) is 5.11 Å². The normalized spacial score (nSPS) is 22.5. The SMILES string of the molecule is CCCC(CCC)N1CCOCC(O)(COc2cccc(C)c2)C1. The van der Waals surface area contributed by atoms with E-state index in [1.807, 2.05) is 31.2 Å². The average molecular weight is 335 g/mol. The van der Waals surface area contributed by atoms with E-state index in [0.717, 1.165) is 17.9 Å². The molecule has 1 aliphatic rings. The van der Waals surface area contributed by atoms with Crippen LogP contribution in [0.25, 0.3) is 0 Å². The monoisotopic (exact) mass is 335 g/mol. The first kappa shape index (κ1) is 19.2. The molecule has 1 fully saturated rings. The van der Waals surface area contributed by atoms with E-state index in [1.54, 1.807) is 0 Å². The van der Waals surface area contributed by atoms with Crippen molar-refractivity contribution in [3.63, 3.8) is 0 Å². The minimum absolute atomic E-state index is 0.262. The molecule has 1 aromatic carbocycles. The van der Waals surface area contributed by atoms with Crippen molar-refractivity contribution >= 4 is 0 Å². The second-order valence-electron chi connectivity index (χ2n) is 7.08. The topological polar surface area (TPSA) is 41.9 Å². The summed E-state index contributed by atoms with van der Waals surface area (Å²) in [6, 6.07) is 8.46. The van der Waals surface area contributed by atoms with Crippen molar-refractivity contribution in [2.24, 2.45) is 0 Å². The standard InChI is InChI=1S/C20H33NO3/c1-4-7-18(8-5-2)21-11-12-23-15-20(22,14-21)16-24-19-10-6-9-17(3)13-19/h6,9-10,13,18,22H,4-5,7-8,11-12,14-16H2,1-3H3. The predicted octanol–water partition coefficient (Wildman–Crippen LogP) is 3.41. The molecule has 1 unspecified atom stereocenters. The lowest BCUT2D eigenvalue weighted by Crippen LogP contribution is -2.51. The summed E-state index contributed by atoms with van der Waals surface area (Å²) in [4.78, 5) is 2.40. The molecule has 0 bridgehead atoms. The third-order valence-electron chi connectivity index (χ3n) is 4.65. The van der Waals surface area contributed by atoms with Crippen molar-refractivity contribution in [1.29, 1.82) is 0 Å². The van der Waals surface area contributed by atoms with Gasteiger partial charge in [-0.3, -0.25) is 4.90 Å². The Hall–Kier alpha value is -1.10. The maximum atomic E-state index is 11.0. The molecule has 1 N–H and O–H groups in total. The molecule has 0 saturated carbocycles. The highest BCUT2D eigenvalue weighted by Gasteiger charge is 2.35. The van der Waals surface area contributed by atoms with Gasteiger partial charge in [-0.05, 0) is 37.5 Å². The number of benzene rings is 1. The lowest BCUT2D eigenvalue weighted by molar-refractivity contribution is -0.0676. The van der Waals surface area contributed by atoms with Gasteiger partial charge in [0.2, 0.25) is 0 Å². The van der Waals surface area contributed by atoms with Gasteiger partial charge in [-0.25, -0.2) is 0 Å². The highest BCUT2D eigenvalue weighted by Crippen LogP contribution is 2.21. The van der Waals surface area contributed by atoms with Gasteiger partial charge < -0.3 is 14.6 Å². The second kappa shape index (κ2) is 9.40. The Labute approximate surface area is 146 Å². The molecule has 0 radical (unpaired) electrons. The lowest BCUT2D eigenvalue weighted by atomic mass is 10.0. The van der Waals surface area contributed by atoms with Gasteiger partial charge >= 0.3 is 0 Å². The summed E-state index contributed by atoms with van der Waals surface area (Å²) in [6.07, 6.45) is 4.67. The van der Waals surface area contributed by atoms with Crippen LogP contribution in [0.15, 0.2) is 24.3 Å². The van der Waals surface area contributed by atoms with Crippen molar-refractivity contribution in [2.75, 3.05) is 32.9 Å². The molecule has 1 aromatic rings. The van der Waals surface area contributed by atoms with Crippen molar-refractivity contribution < 1.29 is 14.6 Å². The fourth-order valence-corrected chi connectivity index (χ4v) is 3.44. The van der Waals surface area contributed by atoms with Crippen molar-refractivity contribution in [3.8, 4) is 5.75 Å². The van der Waals surface area contributed by atoms with Crippen molar-refractivity contribution in [1.82, 2.24) is 4.90 Å². The fraction of sp³-hybridized carbons (Fsp3) is 0.700. The van der Waals surface area contributed by atoms with Gasteiger partial charge in [0.1, 0.15) is 18.0 Å². The van der Waals surface area contributed by atoms with Crippen LogP contribution in [-0.4, -0.2) is 54.6 Å². The molecule has 0 aliphatic carbocycles. The number of β-amino-alcohol motifs (C(OH)–C–C–N with tert-alkyl or cyclic N) is 1. The van der Waals surface area contributed by atoms with Gasteiger partial charge in [0.05, 0.1) is 13.2 Å². The second-order valence-corrected chi connectivity index (χ2v) is 7.08. The Balaban J connectivity index is 2.00. The summed E-state index contributed by atoms with van der Waals surface area (Å²) in [6.45, 7) is 9.27. The molecule has 1 aliphatic heterocycles. The predicted molar refractivity (Wildman–Crippen MR) is 97.6 cm³/mol. The molecule has 0 spiro atoms. The third kappa shape index (κ3) is 5.76. The zero-order chi connectivity index (χ0) is 17.4. The smallest absolute Gasteiger partial charge is 0.134 e. The third-order valence-corrected chi connectivity index (χ3v) is 4.65. The molecule has 136 valence electrons. The molecule has 1 atom stereocenters. The Morgan fingerprint density at radius 3 is 2.71 bits per heavy atom. The maximum Gasteiger partial charge on any atom is 0.134 e. The lowest BCUT2D eigenvalue weighted by Gasteiger charge is -2.35. The summed E-state index contributed by atoms with van der Waals surface area (Å²) >= 11 is 0. The Morgan fingerprint density at radius 1 is 1.29 bits per heavy atom. The number of aryl methyl sites for hydroxylation is 1. The van der Waals surface area contributed by atoms with Crippen LogP contribution < -0.4 is 4.74 Å². The first-order valence-electron chi connectivity index (χ1n) is 9.30. The van der Waals surface area contributed by atoms with Crippen LogP contribution in [0.2, 0.25) is 0 Å². The highest BCUT2D eigenvalue weighted by molar-refractivity contribution is 5.27. The number of ether oxygens (including phenoxy) is 2. The van der Waals surface area contributed by atoms with Gasteiger partial charge in [0.15, 0.2) is 0 Å². The Morgan fingerprint density at radius 2 is 2.04 bits per heavy atom. The van der Waals surface area contributed by atoms with E-state index in [4.69, 9.17) is 9.47 Å². The first-order chi connectivity index (χ1) is 11.6. The number of rotatable bonds is 8. The Bertz CT molecular complexity index is 488. The molecule has 2 rings (SSSR count). The molecule has 1 saturated heterocycles. The van der Waals surface area contributed by atoms with E-state index in [-0.39, 0.29) is 6.61 Å². The first-order valence-corrected chi connectivity index (χ1v) is 9.30. The molecular weight excluding hydrogens is 302 g/mol. The van der Waals surface area contributed by atoms with Crippen molar-refractivity contribution in [2.45, 2.75) is 58.1 Å². The molecule has 4 nitrogen and oxygen atoms in total. The largest absolute Gasteiger partial charge is 0.490 e. The Kier molecular flexibility index (Phi) is 7.53. The van der Waals surface area contributed by atoms with E-state index in [0.29, 0.717) is 25.8 Å². The molecule has 1 heterocycles. The van der Waals surface area contributed by atoms with E-state index >= 15 is 0 Å². The van der Waals surface area contributed by atoms with Crippen LogP contribution in [-0.2, 0) is 4.74 Å². The summed E-state index contributed by atoms with van der Waals surface area (Å²) in [5.41, 5.74) is 0.198. The van der Waals surface area contributed by atoms with Crippen LogP contribution >= 0.6 is 0 Å². The van der Waals surface area contributed by atoms with Crippen LogP contribution in [0, 0.1) is 6.92 Å². The van der Waals surface area contributed by atoms with E-state index in [2.05, 4.69) is 18.7 Å². The number of hydrogen-bond acceptors (Lipinski definition) is 4. The van der Waals surface area contributed by atoms with Crippen LogP contribution in [0.5, 0.6) is 5.75 Å². The fourth-order valence-electron chi connectivity index (χ4n) is 3.44. The minimum Gasteiger partial charge on any atom is -0.490 e. The number of nitrogens with zero attached hydrogens (tertiary/aromatic N) is 1. The molecule has 4 heteroatoms. The van der Waals surface area contributed by atoms with Crippen molar-refractivity contribution in [3.05, 3.63) is 29.8 Å². The maximum absolute atomic E-state index is 11.0. The summed E-state index contributed by atoms with van der Waals surface area (Å²) in [7, 11) is 0. The quantitative estimate of drug-likeness (QED) is 0.790. The van der Waals surface area contributed by atoms with Gasteiger partial charge in [-0.15, -0.1) is 0 Å². The molecule has 0 amide bonds. The molecule has 0 aromatic heterocycles. The van der Waals surface area contributed by atoms with Crippen LogP contribution in [0.1, 0.15) is 45.1 Å². The molecular formula is C20H33NO3. The number of hydrogen-bond donors (Lipinski definition) is 1. The van der Waals surface area contributed by atoms with E-state index in [1.165, 1.54) is 25.7 Å². The van der Waals surface area contributed by atoms with Crippen LogP contribution in [0.4, 0.5) is 0 Å². The highest BCUT2D eigenvalue weighted by atomic mass is 16.5. The van der Waals surface area contributed by atoms with Gasteiger partial charge in [0, 0.05) is 19.1 Å². The average Bonchev–Trinajstić information content (AvgIpc) is 2.75. The van der Waals surface area contributed by atoms with Crippen LogP contribution in [0.3, 0.4) is 0 Å². The van der Waals surface area contributed by atoms with Gasteiger partial charge in [0.25, 0.3) is 0 Å². The zero-order valence-electron chi connectivity index (χ0n) is 15.5. The van der Waals surface area contributed by atoms with Gasteiger partial charge in [-0.1, -0.05) is 38.8 Å². The number of aliphatic hydroxyl groups is 1.